The summed E-state index contributed by atoms with van der Waals surface area (Å²) in [6.07, 6.45) is 7.86. The van der Waals surface area contributed by atoms with Crippen molar-refractivity contribution in [3.05, 3.63) is 0 Å². The minimum Gasteiger partial charge on any atom is -0.381 e. The summed E-state index contributed by atoms with van der Waals surface area (Å²) < 4.78 is 5.52. The highest BCUT2D eigenvalue weighted by atomic mass is 16.5. The van der Waals surface area contributed by atoms with Crippen LogP contribution in [0.15, 0.2) is 0 Å². The van der Waals surface area contributed by atoms with Gasteiger partial charge in [-0.1, -0.05) is 6.42 Å². The van der Waals surface area contributed by atoms with Crippen LogP contribution in [0.5, 0.6) is 0 Å². The van der Waals surface area contributed by atoms with E-state index in [0.717, 1.165) is 25.3 Å². The van der Waals surface area contributed by atoms with E-state index in [9.17, 15) is 0 Å². The molecule has 2 aliphatic rings. The van der Waals surface area contributed by atoms with E-state index in [1.165, 1.54) is 51.6 Å². The van der Waals surface area contributed by atoms with Crippen LogP contribution in [0.25, 0.3) is 0 Å². The van der Waals surface area contributed by atoms with Crippen LogP contribution in [0.1, 0.15) is 38.5 Å². The highest BCUT2D eigenvalue weighted by Crippen LogP contribution is 2.16. The first kappa shape index (κ1) is 12.3. The minimum atomic E-state index is 0.725. The summed E-state index contributed by atoms with van der Waals surface area (Å²) >= 11 is 0. The summed E-state index contributed by atoms with van der Waals surface area (Å²) in [5, 5.41) is 3.63. The summed E-state index contributed by atoms with van der Waals surface area (Å²) in [4.78, 5) is 2.55. The molecule has 0 aromatic carbocycles. The molecule has 0 spiro atoms. The Morgan fingerprint density at radius 2 is 2.06 bits per heavy atom. The van der Waals surface area contributed by atoms with E-state index in [0.29, 0.717) is 0 Å². The van der Waals surface area contributed by atoms with Crippen LogP contribution in [0.4, 0.5) is 0 Å². The first-order valence-corrected chi connectivity index (χ1v) is 6.87. The van der Waals surface area contributed by atoms with Gasteiger partial charge in [0, 0.05) is 31.8 Å². The van der Waals surface area contributed by atoms with Gasteiger partial charge in [0.15, 0.2) is 0 Å². The van der Waals surface area contributed by atoms with E-state index >= 15 is 0 Å². The maximum Gasteiger partial charge on any atom is 0.0480 e. The Kier molecular flexibility index (Phi) is 5.07. The molecule has 0 aromatic rings. The Morgan fingerprint density at radius 3 is 2.88 bits per heavy atom. The smallest absolute Gasteiger partial charge is 0.0480 e. The zero-order valence-electron chi connectivity index (χ0n) is 10.6. The molecule has 3 heteroatoms. The van der Waals surface area contributed by atoms with Crippen molar-refractivity contribution in [3.8, 4) is 0 Å². The molecule has 16 heavy (non-hydrogen) atoms. The Morgan fingerprint density at radius 1 is 1.12 bits per heavy atom. The molecule has 0 bridgehead atoms. The zero-order chi connectivity index (χ0) is 11.2. The van der Waals surface area contributed by atoms with Crippen molar-refractivity contribution >= 4 is 0 Å². The van der Waals surface area contributed by atoms with Crippen LogP contribution in [-0.4, -0.2) is 50.3 Å². The number of hydrogen-bond acceptors (Lipinski definition) is 3. The van der Waals surface area contributed by atoms with Crippen molar-refractivity contribution in [2.45, 2.75) is 50.6 Å². The Labute approximate surface area is 99.5 Å². The molecule has 2 atom stereocenters. The lowest BCUT2D eigenvalue weighted by Gasteiger charge is -2.32. The molecule has 2 rings (SSSR count). The van der Waals surface area contributed by atoms with E-state index in [1.807, 2.05) is 0 Å². The van der Waals surface area contributed by atoms with Crippen molar-refractivity contribution in [1.82, 2.24) is 10.2 Å². The van der Waals surface area contributed by atoms with Crippen LogP contribution in [0.3, 0.4) is 0 Å². The summed E-state index contributed by atoms with van der Waals surface area (Å²) in [5.41, 5.74) is 0. The molecule has 0 radical (unpaired) electrons. The van der Waals surface area contributed by atoms with Crippen LogP contribution in [0, 0.1) is 0 Å². The van der Waals surface area contributed by atoms with Crippen molar-refractivity contribution in [2.24, 2.45) is 0 Å². The SMILES string of the molecule is CN(CC1CCCCN1)C1CCCOCC1. The van der Waals surface area contributed by atoms with Crippen molar-refractivity contribution in [1.29, 1.82) is 0 Å². The highest BCUT2D eigenvalue weighted by molar-refractivity contribution is 4.79. The second kappa shape index (κ2) is 6.58. The van der Waals surface area contributed by atoms with Crippen LogP contribution < -0.4 is 5.32 Å². The molecule has 94 valence electrons. The molecule has 2 fully saturated rings. The average Bonchev–Trinajstić information content (AvgIpc) is 2.59. The summed E-state index contributed by atoms with van der Waals surface area (Å²) in [6, 6.07) is 1.47. The van der Waals surface area contributed by atoms with Gasteiger partial charge >= 0.3 is 0 Å². The molecule has 3 nitrogen and oxygen atoms in total. The Bertz CT molecular complexity index is 184. The zero-order valence-corrected chi connectivity index (χ0v) is 10.6. The number of likely N-dealkylation sites (N-methyl/N-ethyl adjacent to an activating group) is 1. The largest absolute Gasteiger partial charge is 0.381 e. The van der Waals surface area contributed by atoms with Crippen LogP contribution in [-0.2, 0) is 4.74 Å². The number of ether oxygens (including phenoxy) is 1. The fourth-order valence-electron chi connectivity index (χ4n) is 2.90. The maximum absolute atomic E-state index is 5.52. The third-order valence-corrected chi connectivity index (χ3v) is 3.97. The first-order valence-electron chi connectivity index (χ1n) is 6.87. The normalized spacial score (nSPS) is 32.6. The van der Waals surface area contributed by atoms with Gasteiger partial charge in [0.1, 0.15) is 0 Å². The number of nitrogens with zero attached hydrogens (tertiary/aromatic N) is 1. The van der Waals surface area contributed by atoms with E-state index in [4.69, 9.17) is 4.74 Å². The fourth-order valence-corrected chi connectivity index (χ4v) is 2.90. The predicted octanol–water partition coefficient (Wildman–Crippen LogP) is 1.63. The average molecular weight is 226 g/mol. The fraction of sp³-hybridized carbons (Fsp3) is 1.00. The van der Waals surface area contributed by atoms with Gasteiger partial charge in [-0.2, -0.15) is 0 Å². The third-order valence-electron chi connectivity index (χ3n) is 3.97. The minimum absolute atomic E-state index is 0.725. The van der Waals surface area contributed by atoms with Crippen LogP contribution in [0.2, 0.25) is 0 Å². The maximum atomic E-state index is 5.52. The van der Waals surface area contributed by atoms with Gasteiger partial charge in [0.25, 0.3) is 0 Å². The second-order valence-corrected chi connectivity index (χ2v) is 5.28. The molecule has 2 saturated heterocycles. The lowest BCUT2D eigenvalue weighted by Crippen LogP contribution is -2.45. The van der Waals surface area contributed by atoms with E-state index in [2.05, 4.69) is 17.3 Å². The number of nitrogens with one attached hydrogen (secondary N) is 1. The molecule has 2 aliphatic heterocycles. The van der Waals surface area contributed by atoms with Gasteiger partial charge in [-0.05, 0) is 45.7 Å². The summed E-state index contributed by atoms with van der Waals surface area (Å²) in [7, 11) is 2.28. The second-order valence-electron chi connectivity index (χ2n) is 5.28. The van der Waals surface area contributed by atoms with E-state index < -0.39 is 0 Å². The van der Waals surface area contributed by atoms with Crippen molar-refractivity contribution in [3.63, 3.8) is 0 Å². The Hall–Kier alpha value is -0.120. The lowest BCUT2D eigenvalue weighted by molar-refractivity contribution is 0.131. The monoisotopic (exact) mass is 226 g/mol. The molecule has 1 N–H and O–H groups in total. The molecule has 0 aromatic heterocycles. The molecule has 2 heterocycles. The van der Waals surface area contributed by atoms with Gasteiger partial charge < -0.3 is 15.0 Å². The van der Waals surface area contributed by atoms with Gasteiger partial charge in [0.05, 0.1) is 0 Å². The van der Waals surface area contributed by atoms with Crippen LogP contribution >= 0.6 is 0 Å². The Balaban J connectivity index is 1.74. The summed E-state index contributed by atoms with van der Waals surface area (Å²) in [5.74, 6) is 0. The van der Waals surface area contributed by atoms with Gasteiger partial charge in [0.2, 0.25) is 0 Å². The molecule has 0 aliphatic carbocycles. The molecular weight excluding hydrogens is 200 g/mol. The van der Waals surface area contributed by atoms with E-state index in [1.54, 1.807) is 0 Å². The standard InChI is InChI=1S/C13H26N2O/c1-15(11-12-5-2-3-8-14-12)13-6-4-9-16-10-7-13/h12-14H,2-11H2,1H3. The third kappa shape index (κ3) is 3.72. The van der Waals surface area contributed by atoms with Crippen molar-refractivity contribution in [2.75, 3.05) is 33.4 Å². The van der Waals surface area contributed by atoms with Gasteiger partial charge in [-0.25, -0.2) is 0 Å². The lowest BCUT2D eigenvalue weighted by atomic mass is 10.0. The predicted molar refractivity (Wildman–Crippen MR) is 66.7 cm³/mol. The quantitative estimate of drug-likeness (QED) is 0.791. The molecular formula is C13H26N2O. The first-order chi connectivity index (χ1) is 7.86. The van der Waals surface area contributed by atoms with E-state index in [-0.39, 0.29) is 0 Å². The number of rotatable bonds is 3. The molecule has 2 unspecified atom stereocenters. The topological polar surface area (TPSA) is 24.5 Å². The van der Waals surface area contributed by atoms with Crippen molar-refractivity contribution < 1.29 is 4.74 Å². The highest BCUT2D eigenvalue weighted by Gasteiger charge is 2.21. The molecule has 0 amide bonds. The van der Waals surface area contributed by atoms with Gasteiger partial charge in [-0.3, -0.25) is 0 Å². The van der Waals surface area contributed by atoms with Gasteiger partial charge in [-0.15, -0.1) is 0 Å². The number of piperidine rings is 1. The summed E-state index contributed by atoms with van der Waals surface area (Å²) in [6.45, 7) is 4.34. The number of hydrogen-bond donors (Lipinski definition) is 1. The molecule has 0 saturated carbocycles.